The summed E-state index contributed by atoms with van der Waals surface area (Å²) in [7, 11) is 0. The summed E-state index contributed by atoms with van der Waals surface area (Å²) in [6.45, 7) is 0. The number of anilines is 3. The zero-order chi connectivity index (χ0) is 39.4. The van der Waals surface area contributed by atoms with E-state index < -0.39 is 0 Å². The highest BCUT2D eigenvalue weighted by Gasteiger charge is 2.17. The van der Waals surface area contributed by atoms with Gasteiger partial charge in [0.05, 0.1) is 0 Å². The normalized spacial score (nSPS) is 11.1. The second kappa shape index (κ2) is 16.0. The molecule has 0 aliphatic carbocycles. The van der Waals surface area contributed by atoms with Crippen LogP contribution >= 0.6 is 0 Å². The molecule has 0 spiro atoms. The summed E-state index contributed by atoms with van der Waals surface area (Å²) in [6, 6.07) is 89.8. The molecule has 10 rings (SSSR count). The van der Waals surface area contributed by atoms with Gasteiger partial charge in [-0.3, -0.25) is 0 Å². The Morgan fingerprint density at radius 2 is 0.492 bits per heavy atom. The number of hydrogen-bond donors (Lipinski definition) is 0. The molecule has 0 N–H and O–H groups in total. The SMILES string of the molecule is c1ccc(-c2ccc(N(c3ccc(-c4ccc(-c5cccc(-c6ccc7ccccc7c6)c5)cc4)cc3)c3cc(-c4ccccc4)cc(-c4ccccc4)c3)cc2)cc1. The van der Waals surface area contributed by atoms with Crippen LogP contribution in [0.2, 0.25) is 0 Å². The number of hydrogen-bond acceptors (Lipinski definition) is 1. The number of benzene rings is 10. The van der Waals surface area contributed by atoms with Gasteiger partial charge in [0.2, 0.25) is 0 Å². The van der Waals surface area contributed by atoms with Gasteiger partial charge in [-0.25, -0.2) is 0 Å². The Kier molecular flexibility index (Phi) is 9.68. The standard InChI is InChI=1S/C58H41N/c1-4-13-42(14-5-1)47-29-33-56(34-30-47)59(58-40-54(43-15-6-2-7-16-43)39-55(41-58)44-17-8-3-9-18-44)57-35-31-48(32-36-57)46-23-25-49(26-24-46)51-21-12-22-52(37-51)53-28-27-45-19-10-11-20-50(45)38-53/h1-41H. The zero-order valence-electron chi connectivity index (χ0n) is 32.6. The fourth-order valence-electron chi connectivity index (χ4n) is 8.12. The number of rotatable bonds is 9. The molecule has 0 heterocycles. The van der Waals surface area contributed by atoms with Crippen LogP contribution in [0.15, 0.2) is 249 Å². The number of fused-ring (bicyclic) bond motifs is 1. The average molecular weight is 752 g/mol. The molecule has 0 aromatic heterocycles. The van der Waals surface area contributed by atoms with E-state index in [0.29, 0.717) is 0 Å². The van der Waals surface area contributed by atoms with Crippen molar-refractivity contribution >= 4 is 27.8 Å². The first-order valence-corrected chi connectivity index (χ1v) is 20.2. The molecule has 0 atom stereocenters. The molecule has 0 aliphatic rings. The molecule has 0 aliphatic heterocycles. The van der Waals surface area contributed by atoms with E-state index in [1.807, 2.05) is 0 Å². The van der Waals surface area contributed by atoms with E-state index in [2.05, 4.69) is 254 Å². The molecule has 0 fully saturated rings. The van der Waals surface area contributed by atoms with E-state index in [1.54, 1.807) is 0 Å². The predicted octanol–water partition coefficient (Wildman–Crippen LogP) is 16.3. The van der Waals surface area contributed by atoms with Crippen LogP contribution in [0.4, 0.5) is 17.1 Å². The summed E-state index contributed by atoms with van der Waals surface area (Å²) < 4.78 is 0. The van der Waals surface area contributed by atoms with Crippen molar-refractivity contribution in [2.24, 2.45) is 0 Å². The Morgan fingerprint density at radius 3 is 1.00 bits per heavy atom. The molecule has 0 radical (unpaired) electrons. The third-order valence-corrected chi connectivity index (χ3v) is 11.2. The third-order valence-electron chi connectivity index (χ3n) is 11.2. The first-order valence-electron chi connectivity index (χ1n) is 20.2. The minimum Gasteiger partial charge on any atom is -0.310 e. The van der Waals surface area contributed by atoms with Gasteiger partial charge in [0.15, 0.2) is 0 Å². The molecule has 0 saturated carbocycles. The van der Waals surface area contributed by atoms with Crippen LogP contribution in [0.5, 0.6) is 0 Å². The van der Waals surface area contributed by atoms with E-state index in [-0.39, 0.29) is 0 Å². The molecular weight excluding hydrogens is 711 g/mol. The van der Waals surface area contributed by atoms with Crippen molar-refractivity contribution in [3.8, 4) is 66.8 Å². The molecule has 10 aromatic rings. The van der Waals surface area contributed by atoms with Gasteiger partial charge >= 0.3 is 0 Å². The summed E-state index contributed by atoms with van der Waals surface area (Å²) in [6.07, 6.45) is 0. The molecule has 278 valence electrons. The molecule has 0 saturated heterocycles. The van der Waals surface area contributed by atoms with Gasteiger partial charge in [-0.2, -0.15) is 0 Å². The first-order chi connectivity index (χ1) is 29.2. The lowest BCUT2D eigenvalue weighted by atomic mass is 9.96. The van der Waals surface area contributed by atoms with Crippen LogP contribution in [0.1, 0.15) is 0 Å². The lowest BCUT2D eigenvalue weighted by Gasteiger charge is -2.27. The minimum atomic E-state index is 1.09. The smallest absolute Gasteiger partial charge is 0.0473 e. The molecule has 0 unspecified atom stereocenters. The second-order valence-electron chi connectivity index (χ2n) is 15.0. The highest BCUT2D eigenvalue weighted by molar-refractivity contribution is 5.89. The van der Waals surface area contributed by atoms with Gasteiger partial charge in [-0.05, 0) is 132 Å². The van der Waals surface area contributed by atoms with Crippen LogP contribution in [0.3, 0.4) is 0 Å². The van der Waals surface area contributed by atoms with Crippen LogP contribution in [-0.2, 0) is 0 Å². The van der Waals surface area contributed by atoms with Crippen LogP contribution < -0.4 is 4.90 Å². The van der Waals surface area contributed by atoms with Gasteiger partial charge in [0.1, 0.15) is 0 Å². The minimum absolute atomic E-state index is 1.09. The van der Waals surface area contributed by atoms with Crippen molar-refractivity contribution in [3.05, 3.63) is 249 Å². The Hall–Kier alpha value is -7.74. The maximum absolute atomic E-state index is 2.38. The molecule has 10 aromatic carbocycles. The molecule has 0 amide bonds. The topological polar surface area (TPSA) is 3.24 Å². The summed E-state index contributed by atoms with van der Waals surface area (Å²) in [5.74, 6) is 0. The maximum Gasteiger partial charge on any atom is 0.0473 e. The Bertz CT molecular complexity index is 2930. The van der Waals surface area contributed by atoms with Crippen molar-refractivity contribution in [2.75, 3.05) is 4.90 Å². The van der Waals surface area contributed by atoms with Gasteiger partial charge in [0.25, 0.3) is 0 Å². The maximum atomic E-state index is 2.38. The van der Waals surface area contributed by atoms with Gasteiger partial charge in [-0.15, -0.1) is 0 Å². The Labute approximate surface area is 346 Å². The largest absolute Gasteiger partial charge is 0.310 e. The summed E-state index contributed by atoms with van der Waals surface area (Å²) in [4.78, 5) is 2.38. The highest BCUT2D eigenvalue weighted by atomic mass is 15.1. The Morgan fingerprint density at radius 1 is 0.169 bits per heavy atom. The summed E-state index contributed by atoms with van der Waals surface area (Å²) >= 11 is 0. The zero-order valence-corrected chi connectivity index (χ0v) is 32.6. The van der Waals surface area contributed by atoms with Crippen LogP contribution in [0.25, 0.3) is 77.5 Å². The number of nitrogens with zero attached hydrogens (tertiary/aromatic N) is 1. The lowest BCUT2D eigenvalue weighted by Crippen LogP contribution is -2.10. The monoisotopic (exact) mass is 751 g/mol. The third kappa shape index (κ3) is 7.58. The first kappa shape index (κ1) is 35.7. The molecule has 1 nitrogen and oxygen atoms in total. The van der Waals surface area contributed by atoms with Gasteiger partial charge in [0, 0.05) is 17.1 Å². The lowest BCUT2D eigenvalue weighted by molar-refractivity contribution is 1.28. The van der Waals surface area contributed by atoms with Gasteiger partial charge < -0.3 is 4.90 Å². The quantitative estimate of drug-likeness (QED) is 0.142. The molecule has 59 heavy (non-hydrogen) atoms. The van der Waals surface area contributed by atoms with Crippen molar-refractivity contribution in [3.63, 3.8) is 0 Å². The summed E-state index contributed by atoms with van der Waals surface area (Å²) in [5, 5.41) is 2.52. The average Bonchev–Trinajstić information content (AvgIpc) is 3.33. The van der Waals surface area contributed by atoms with Gasteiger partial charge in [-0.1, -0.05) is 194 Å². The molecular formula is C58H41N. The van der Waals surface area contributed by atoms with E-state index in [4.69, 9.17) is 0 Å². The van der Waals surface area contributed by atoms with Crippen molar-refractivity contribution in [2.45, 2.75) is 0 Å². The fraction of sp³-hybridized carbons (Fsp3) is 0. The molecule has 0 bridgehead atoms. The Balaban J connectivity index is 0.999. The van der Waals surface area contributed by atoms with E-state index in [9.17, 15) is 0 Å². The van der Waals surface area contributed by atoms with Crippen molar-refractivity contribution in [1.29, 1.82) is 0 Å². The summed E-state index contributed by atoms with van der Waals surface area (Å²) in [5.41, 5.74) is 17.6. The fourth-order valence-corrected chi connectivity index (χ4v) is 8.12. The van der Waals surface area contributed by atoms with E-state index >= 15 is 0 Å². The van der Waals surface area contributed by atoms with Crippen LogP contribution in [0, 0.1) is 0 Å². The van der Waals surface area contributed by atoms with Crippen molar-refractivity contribution < 1.29 is 0 Å². The van der Waals surface area contributed by atoms with Crippen LogP contribution in [-0.4, -0.2) is 0 Å². The van der Waals surface area contributed by atoms with E-state index in [1.165, 1.54) is 77.5 Å². The second-order valence-corrected chi connectivity index (χ2v) is 15.0. The predicted molar refractivity (Wildman–Crippen MR) is 251 cm³/mol. The van der Waals surface area contributed by atoms with E-state index in [0.717, 1.165) is 17.1 Å². The van der Waals surface area contributed by atoms with Crippen molar-refractivity contribution in [1.82, 2.24) is 0 Å². The molecule has 1 heteroatoms. The highest BCUT2D eigenvalue weighted by Crippen LogP contribution is 2.41.